The number of carbonyl (C=O) groups excluding carboxylic acids is 2. The Labute approximate surface area is 183 Å². The van der Waals surface area contributed by atoms with Gasteiger partial charge in [0.25, 0.3) is 0 Å². The van der Waals surface area contributed by atoms with E-state index >= 15 is 0 Å². The molecule has 0 aromatic heterocycles. The van der Waals surface area contributed by atoms with Crippen molar-refractivity contribution in [1.82, 2.24) is 0 Å². The van der Waals surface area contributed by atoms with Crippen LogP contribution < -0.4 is 9.67 Å². The number of carbonyl (C=O) groups is 2. The van der Waals surface area contributed by atoms with Gasteiger partial charge in [-0.25, -0.2) is 0 Å². The van der Waals surface area contributed by atoms with E-state index in [-0.39, 0.29) is 22.2 Å². The van der Waals surface area contributed by atoms with Crippen molar-refractivity contribution in [1.29, 1.82) is 0 Å². The van der Waals surface area contributed by atoms with Gasteiger partial charge in [-0.2, -0.15) is 0 Å². The number of nitrogens with one attached hydrogen (secondary N) is 1. The summed E-state index contributed by atoms with van der Waals surface area (Å²) < 4.78 is 26.2. The van der Waals surface area contributed by atoms with E-state index in [0.717, 1.165) is 12.1 Å². The van der Waals surface area contributed by atoms with Gasteiger partial charge in [-0.3, -0.25) is 0 Å². The Balaban J connectivity index is 0.000000242. The van der Waals surface area contributed by atoms with Crippen LogP contribution in [0.15, 0.2) is 78.9 Å². The number of hydrogen-bond donors (Lipinski definition) is 3. The Kier molecular flexibility index (Phi) is 8.67. The SMILES string of the molecule is CCC(=O)O[As](=O)(O)c1ccc(O)cc1NC(C)=O.c1ccc(-c2ccccc2)cc1. The van der Waals surface area contributed by atoms with Crippen LogP contribution in [0.1, 0.15) is 20.3 Å². The molecule has 162 valence electrons. The van der Waals surface area contributed by atoms with Gasteiger partial charge in [0.2, 0.25) is 0 Å². The molecule has 0 heterocycles. The molecule has 3 rings (SSSR count). The molecule has 0 radical (unpaired) electrons. The Morgan fingerprint density at radius 1 is 0.935 bits per heavy atom. The van der Waals surface area contributed by atoms with Gasteiger partial charge in [0.15, 0.2) is 0 Å². The first kappa shape index (κ1) is 24.0. The van der Waals surface area contributed by atoms with Crippen LogP contribution in [0, 0.1) is 0 Å². The second-order valence-corrected chi connectivity index (χ2v) is 10.0. The predicted molar refractivity (Wildman–Crippen MR) is 119 cm³/mol. The van der Waals surface area contributed by atoms with Crippen molar-refractivity contribution < 1.29 is 26.3 Å². The van der Waals surface area contributed by atoms with Crippen LogP contribution in [-0.4, -0.2) is 35.3 Å². The average molecular weight is 485 g/mol. The van der Waals surface area contributed by atoms with Gasteiger partial charge in [0, 0.05) is 0 Å². The van der Waals surface area contributed by atoms with E-state index < -0.39 is 26.0 Å². The van der Waals surface area contributed by atoms with E-state index in [1.807, 2.05) is 12.1 Å². The Morgan fingerprint density at radius 3 is 1.90 bits per heavy atom. The maximum atomic E-state index is 12.0. The monoisotopic (exact) mass is 485 g/mol. The number of phenols is 1. The summed E-state index contributed by atoms with van der Waals surface area (Å²) in [5.74, 6) is -1.49. The minimum Gasteiger partial charge on any atom is -0.0622 e. The molecule has 31 heavy (non-hydrogen) atoms. The fourth-order valence-electron chi connectivity index (χ4n) is 2.57. The normalized spacial score (nSPS) is 12.0. The van der Waals surface area contributed by atoms with E-state index in [1.165, 1.54) is 31.0 Å². The molecule has 3 N–H and O–H groups in total. The number of phenolic OH excluding ortho intramolecular Hbond substituents is 1. The molecule has 0 fully saturated rings. The molecule has 1 atom stereocenters. The zero-order valence-corrected chi connectivity index (χ0v) is 19.1. The zero-order chi connectivity index (χ0) is 22.9. The van der Waals surface area contributed by atoms with Crippen LogP contribution in [0.3, 0.4) is 0 Å². The minimum atomic E-state index is -5.10. The average Bonchev–Trinajstić information content (AvgIpc) is 2.74. The summed E-state index contributed by atoms with van der Waals surface area (Å²) in [5.41, 5.74) is 2.50. The summed E-state index contributed by atoms with van der Waals surface area (Å²) in [4.78, 5) is 22.1. The Hall–Kier alpha value is -3.28. The van der Waals surface area contributed by atoms with Gasteiger partial charge >= 0.3 is 112 Å². The molecule has 0 spiro atoms. The van der Waals surface area contributed by atoms with E-state index in [9.17, 15) is 22.5 Å². The fraction of sp³-hybridized carbons (Fsp3) is 0.130. The first-order valence-corrected chi connectivity index (χ1v) is 12.8. The summed E-state index contributed by atoms with van der Waals surface area (Å²) in [5, 5.41) is 11.6. The molecule has 1 unspecified atom stereocenters. The predicted octanol–water partition coefficient (Wildman–Crippen LogP) is 3.23. The summed E-state index contributed by atoms with van der Waals surface area (Å²) in [6.45, 7) is 2.70. The second-order valence-electron chi connectivity index (χ2n) is 6.45. The van der Waals surface area contributed by atoms with Crippen LogP contribution in [0.5, 0.6) is 5.75 Å². The number of hydrogen-bond acceptors (Lipinski definition) is 5. The first-order valence-electron chi connectivity index (χ1n) is 9.49. The molecule has 3 aromatic carbocycles. The topological polar surface area (TPSA) is 113 Å². The third-order valence-corrected chi connectivity index (χ3v) is 7.03. The molecule has 7 nitrogen and oxygen atoms in total. The summed E-state index contributed by atoms with van der Waals surface area (Å²) in [6, 6.07) is 24.2. The molecule has 0 aliphatic rings. The van der Waals surface area contributed by atoms with Crippen molar-refractivity contribution in [3.63, 3.8) is 0 Å². The van der Waals surface area contributed by atoms with Crippen LogP contribution in [0.2, 0.25) is 0 Å². The summed E-state index contributed by atoms with van der Waals surface area (Å²) >= 11 is -5.10. The number of benzene rings is 3. The summed E-state index contributed by atoms with van der Waals surface area (Å²) in [7, 11) is 0. The third-order valence-electron chi connectivity index (χ3n) is 3.99. The van der Waals surface area contributed by atoms with Gasteiger partial charge in [-0.15, -0.1) is 0 Å². The van der Waals surface area contributed by atoms with E-state index in [0.29, 0.717) is 0 Å². The largest absolute Gasteiger partial charge is 0.0622 e. The van der Waals surface area contributed by atoms with Gasteiger partial charge < -0.3 is 0 Å². The van der Waals surface area contributed by atoms with E-state index in [1.54, 1.807) is 0 Å². The van der Waals surface area contributed by atoms with Crippen LogP contribution >= 0.6 is 0 Å². The van der Waals surface area contributed by atoms with Crippen LogP contribution in [0.4, 0.5) is 5.69 Å². The van der Waals surface area contributed by atoms with Gasteiger partial charge in [-0.1, -0.05) is 60.7 Å². The Bertz CT molecular complexity index is 1030. The second kappa shape index (κ2) is 11.2. The summed E-state index contributed by atoms with van der Waals surface area (Å²) in [6.07, 6.45) is -0.0422. The molecule has 3 aromatic rings. The molecule has 0 saturated heterocycles. The van der Waals surface area contributed by atoms with Gasteiger partial charge in [0.05, 0.1) is 0 Å². The molecule has 0 bridgehead atoms. The molecule has 8 heteroatoms. The van der Waals surface area contributed by atoms with Crippen molar-refractivity contribution in [3.8, 4) is 16.9 Å². The third kappa shape index (κ3) is 7.48. The van der Waals surface area contributed by atoms with Crippen molar-refractivity contribution in [2.45, 2.75) is 20.3 Å². The van der Waals surface area contributed by atoms with Crippen molar-refractivity contribution in [2.75, 3.05) is 5.32 Å². The number of anilines is 1. The standard InChI is InChI=1S/C12H10.C11H14AsNO6/c1-3-7-11(8-4-1)12-9-5-2-6-10-12;1-3-11(16)19-12(17,18)9-5-4-8(15)6-10(9)13-7(2)14/h1-10H;4-6,15H,3H2,1-2H3,(H,13,14)(H,17,18). The van der Waals surface area contributed by atoms with Crippen LogP contribution in [-0.2, 0) is 17.1 Å². The minimum absolute atomic E-state index is 0.0422. The maximum absolute atomic E-state index is 12.0. The van der Waals surface area contributed by atoms with E-state index in [2.05, 4.69) is 57.6 Å². The molecule has 1 amide bonds. The number of amides is 1. The fourth-order valence-corrected chi connectivity index (χ4v) is 5.07. The molecule has 0 aliphatic carbocycles. The maximum Gasteiger partial charge on any atom is -0.0184 e. The van der Waals surface area contributed by atoms with Crippen LogP contribution in [0.25, 0.3) is 11.1 Å². The quantitative estimate of drug-likeness (QED) is 0.479. The van der Waals surface area contributed by atoms with Crippen molar-refractivity contribution in [2.24, 2.45) is 0 Å². The number of rotatable bonds is 5. The molecular formula is C23H24AsNO6. The molecular weight excluding hydrogens is 461 g/mol. The smallest absolute Gasteiger partial charge is 0.0184 e. The van der Waals surface area contributed by atoms with Gasteiger partial charge in [-0.05, 0) is 11.1 Å². The van der Waals surface area contributed by atoms with Crippen molar-refractivity contribution >= 4 is 36.1 Å². The zero-order valence-electron chi connectivity index (χ0n) is 17.2. The molecule has 0 aliphatic heterocycles. The number of aromatic hydroxyl groups is 1. The van der Waals surface area contributed by atoms with Crippen molar-refractivity contribution in [3.05, 3.63) is 78.9 Å². The van der Waals surface area contributed by atoms with Gasteiger partial charge in [0.1, 0.15) is 0 Å². The Morgan fingerprint density at radius 2 is 1.45 bits per heavy atom. The van der Waals surface area contributed by atoms with E-state index in [4.69, 9.17) is 0 Å². The first-order chi connectivity index (χ1) is 14.7. The molecule has 0 saturated carbocycles.